The summed E-state index contributed by atoms with van der Waals surface area (Å²) in [5, 5.41) is 0. The lowest BCUT2D eigenvalue weighted by Gasteiger charge is -2.61. The van der Waals surface area contributed by atoms with Crippen LogP contribution in [0.3, 0.4) is 0 Å². The Balaban J connectivity index is 1.59. The van der Waals surface area contributed by atoms with Crippen LogP contribution in [0.2, 0.25) is 0 Å². The van der Waals surface area contributed by atoms with Gasteiger partial charge >= 0.3 is 0 Å². The van der Waals surface area contributed by atoms with Gasteiger partial charge in [-0.2, -0.15) is 0 Å². The van der Waals surface area contributed by atoms with Crippen molar-refractivity contribution >= 4 is 0 Å². The molecule has 0 spiro atoms. The molecule has 2 heteroatoms. The Hall–Kier alpha value is -0.340. The van der Waals surface area contributed by atoms with E-state index >= 15 is 0 Å². The summed E-state index contributed by atoms with van der Waals surface area (Å²) in [5.74, 6) is 3.84. The Labute approximate surface area is 117 Å². The van der Waals surface area contributed by atoms with Gasteiger partial charge in [-0.15, -0.1) is 0 Å². The number of hydrogen-bond acceptors (Lipinski definition) is 2. The molecule has 0 radical (unpaired) electrons. The van der Waals surface area contributed by atoms with Crippen molar-refractivity contribution in [3.8, 4) is 0 Å². The molecule has 1 unspecified atom stereocenters. The molecule has 1 aliphatic heterocycles. The summed E-state index contributed by atoms with van der Waals surface area (Å²) in [4.78, 5) is 0. The molecule has 0 amide bonds. The monoisotopic (exact) mass is 264 g/mol. The van der Waals surface area contributed by atoms with Gasteiger partial charge in [0.25, 0.3) is 0 Å². The van der Waals surface area contributed by atoms with Crippen LogP contribution >= 0.6 is 0 Å². The van der Waals surface area contributed by atoms with Crippen LogP contribution in [-0.4, -0.2) is 19.5 Å². The highest BCUT2D eigenvalue weighted by molar-refractivity contribution is 5.09. The molecule has 0 aromatic rings. The predicted molar refractivity (Wildman–Crippen MR) is 76.6 cm³/mol. The molecule has 4 fully saturated rings. The Morgan fingerprint density at radius 2 is 1.84 bits per heavy atom. The van der Waals surface area contributed by atoms with Crippen molar-refractivity contribution in [3.05, 3.63) is 12.2 Å². The Morgan fingerprint density at radius 3 is 2.42 bits per heavy atom. The Bertz CT molecular complexity index is 354. The van der Waals surface area contributed by atoms with Gasteiger partial charge in [0, 0.05) is 5.92 Å². The van der Waals surface area contributed by atoms with Gasteiger partial charge in [0.1, 0.15) is 0 Å². The van der Waals surface area contributed by atoms with Crippen LogP contribution in [0.25, 0.3) is 0 Å². The highest BCUT2D eigenvalue weighted by Gasteiger charge is 2.55. The maximum Gasteiger partial charge on any atom is 0.163 e. The molecule has 0 aromatic heterocycles. The maximum absolute atomic E-state index is 5.57. The molecule has 2 nitrogen and oxygen atoms in total. The first kappa shape index (κ1) is 13.6. The molecule has 19 heavy (non-hydrogen) atoms. The van der Waals surface area contributed by atoms with E-state index in [9.17, 15) is 0 Å². The lowest BCUT2D eigenvalue weighted by Crippen LogP contribution is -2.54. The zero-order valence-electron chi connectivity index (χ0n) is 12.8. The van der Waals surface area contributed by atoms with Crippen molar-refractivity contribution in [2.75, 3.05) is 13.2 Å². The summed E-state index contributed by atoms with van der Waals surface area (Å²) in [7, 11) is 0. The fourth-order valence-electron chi connectivity index (χ4n) is 4.53. The Kier molecular flexibility index (Phi) is 3.51. The summed E-state index contributed by atoms with van der Waals surface area (Å²) >= 11 is 0. The molecule has 2 bridgehead atoms. The predicted octanol–water partition coefficient (Wildman–Crippen LogP) is 3.87. The fraction of sp³-hybridized carbons (Fsp3) is 0.882. The standard InChI is InChI=1S/C17H28O2/c1-11(16-18-7-8-19-16)5-6-13-9-14-10-15(12(13)2)17(14,3)4/h5-6,11-16H,7-10H2,1-4H3/b6-5-/t11?,12-,13-,14+,15+/m1/s1. The van der Waals surface area contributed by atoms with E-state index in [1.165, 1.54) is 12.8 Å². The van der Waals surface area contributed by atoms with Crippen LogP contribution in [0, 0.1) is 35.0 Å². The summed E-state index contributed by atoms with van der Waals surface area (Å²) in [5.41, 5.74) is 0.590. The largest absolute Gasteiger partial charge is 0.350 e. The van der Waals surface area contributed by atoms with Crippen molar-refractivity contribution in [2.24, 2.45) is 35.0 Å². The van der Waals surface area contributed by atoms with Gasteiger partial charge in [-0.3, -0.25) is 0 Å². The lowest BCUT2D eigenvalue weighted by atomic mass is 9.43. The van der Waals surface area contributed by atoms with Gasteiger partial charge in [0.05, 0.1) is 13.2 Å². The molecular weight excluding hydrogens is 236 g/mol. The first-order chi connectivity index (χ1) is 9.00. The molecule has 4 rings (SSSR count). The molecule has 108 valence electrons. The average Bonchev–Trinajstić information content (AvgIpc) is 2.90. The van der Waals surface area contributed by atoms with Crippen LogP contribution in [0.4, 0.5) is 0 Å². The van der Waals surface area contributed by atoms with Crippen LogP contribution in [0.1, 0.15) is 40.5 Å². The second-order valence-electron chi connectivity index (χ2n) is 7.47. The van der Waals surface area contributed by atoms with Crippen LogP contribution < -0.4 is 0 Å². The van der Waals surface area contributed by atoms with Crippen molar-refractivity contribution < 1.29 is 9.47 Å². The van der Waals surface area contributed by atoms with Crippen molar-refractivity contribution in [3.63, 3.8) is 0 Å². The van der Waals surface area contributed by atoms with E-state index in [1.807, 2.05) is 0 Å². The van der Waals surface area contributed by atoms with E-state index < -0.39 is 0 Å². The van der Waals surface area contributed by atoms with Gasteiger partial charge in [-0.05, 0) is 41.9 Å². The molecule has 5 atom stereocenters. The van der Waals surface area contributed by atoms with Crippen LogP contribution in [0.5, 0.6) is 0 Å². The topological polar surface area (TPSA) is 18.5 Å². The third kappa shape index (κ3) is 2.27. The molecule has 1 heterocycles. The number of allylic oxidation sites excluding steroid dienone is 1. The first-order valence-electron chi connectivity index (χ1n) is 7.91. The van der Waals surface area contributed by atoms with Gasteiger partial charge in [0.15, 0.2) is 6.29 Å². The number of rotatable bonds is 3. The van der Waals surface area contributed by atoms with E-state index in [0.717, 1.165) is 36.9 Å². The summed E-state index contributed by atoms with van der Waals surface area (Å²) in [6.07, 6.45) is 7.61. The quantitative estimate of drug-likeness (QED) is 0.720. The van der Waals surface area contributed by atoms with Gasteiger partial charge in [-0.1, -0.05) is 39.8 Å². The fourth-order valence-corrected chi connectivity index (χ4v) is 4.53. The summed E-state index contributed by atoms with van der Waals surface area (Å²) in [6, 6.07) is 0. The molecule has 4 aliphatic rings. The normalized spacial score (nSPS) is 43.4. The second-order valence-corrected chi connectivity index (χ2v) is 7.47. The highest BCUT2D eigenvalue weighted by atomic mass is 16.7. The van der Waals surface area contributed by atoms with Crippen molar-refractivity contribution in [2.45, 2.75) is 46.8 Å². The van der Waals surface area contributed by atoms with Crippen LogP contribution in [-0.2, 0) is 9.47 Å². The third-order valence-electron chi connectivity index (χ3n) is 6.15. The molecule has 3 saturated carbocycles. The molecule has 0 aromatic carbocycles. The van der Waals surface area contributed by atoms with Gasteiger partial charge < -0.3 is 9.47 Å². The van der Waals surface area contributed by atoms with Gasteiger partial charge in [-0.25, -0.2) is 0 Å². The van der Waals surface area contributed by atoms with Crippen molar-refractivity contribution in [1.29, 1.82) is 0 Å². The number of fused-ring (bicyclic) bond motifs is 2. The molecular formula is C17H28O2. The SMILES string of the molecule is CC(/C=C\[C@@H]1C[C@H]2C[C@@H]([C@@H]1C)C2(C)C)C1OCCO1. The van der Waals surface area contributed by atoms with E-state index in [4.69, 9.17) is 9.47 Å². The zero-order chi connectivity index (χ0) is 13.6. The summed E-state index contributed by atoms with van der Waals surface area (Å²) < 4.78 is 11.1. The second kappa shape index (κ2) is 4.89. The molecule has 1 saturated heterocycles. The number of ether oxygens (including phenoxy) is 2. The van der Waals surface area contributed by atoms with Crippen LogP contribution in [0.15, 0.2) is 12.2 Å². The highest BCUT2D eigenvalue weighted by Crippen LogP contribution is 2.63. The molecule has 0 N–H and O–H groups in total. The summed E-state index contributed by atoms with van der Waals surface area (Å²) in [6.45, 7) is 11.1. The minimum Gasteiger partial charge on any atom is -0.350 e. The maximum atomic E-state index is 5.57. The van der Waals surface area contributed by atoms with E-state index in [0.29, 0.717) is 11.3 Å². The Morgan fingerprint density at radius 1 is 1.16 bits per heavy atom. The smallest absolute Gasteiger partial charge is 0.163 e. The van der Waals surface area contributed by atoms with E-state index in [2.05, 4.69) is 39.8 Å². The van der Waals surface area contributed by atoms with E-state index in [1.54, 1.807) is 0 Å². The first-order valence-corrected chi connectivity index (χ1v) is 7.91. The lowest BCUT2D eigenvalue weighted by molar-refractivity contribution is -0.118. The molecule has 3 aliphatic carbocycles. The average molecular weight is 264 g/mol. The van der Waals surface area contributed by atoms with Crippen molar-refractivity contribution in [1.82, 2.24) is 0 Å². The number of hydrogen-bond donors (Lipinski definition) is 0. The van der Waals surface area contributed by atoms with Gasteiger partial charge in [0.2, 0.25) is 0 Å². The third-order valence-corrected chi connectivity index (χ3v) is 6.15. The minimum absolute atomic E-state index is 0.0128. The zero-order valence-corrected chi connectivity index (χ0v) is 12.8. The van der Waals surface area contributed by atoms with E-state index in [-0.39, 0.29) is 6.29 Å². The minimum atomic E-state index is -0.0128.